The number of pyridine rings is 1. The van der Waals surface area contributed by atoms with Crippen molar-refractivity contribution in [1.82, 2.24) is 4.98 Å². The van der Waals surface area contributed by atoms with Crippen molar-refractivity contribution >= 4 is 33.5 Å². The first kappa shape index (κ1) is 18.9. The zero-order valence-corrected chi connectivity index (χ0v) is 15.8. The number of rotatable bonds is 6. The van der Waals surface area contributed by atoms with Crippen LogP contribution < -0.4 is 0 Å². The molecule has 0 spiro atoms. The number of aromatic nitrogens is 1. The van der Waals surface area contributed by atoms with Gasteiger partial charge in [-0.15, -0.1) is 6.58 Å². The Morgan fingerprint density at radius 3 is 2.59 bits per heavy atom. The Kier molecular flexibility index (Phi) is 9.80. The van der Waals surface area contributed by atoms with Crippen LogP contribution in [0.25, 0.3) is 10.9 Å². The fraction of sp³-hybridized carbons (Fsp3) is 0.350. The van der Waals surface area contributed by atoms with E-state index in [2.05, 4.69) is 66.2 Å². The molecular formula is C20H26IN. The Labute approximate surface area is 148 Å². The summed E-state index contributed by atoms with van der Waals surface area (Å²) in [6.45, 7) is 8.17. The number of benzene rings is 1. The molecule has 0 fully saturated rings. The number of hydrogen-bond donors (Lipinski definition) is 0. The Hall–Kier alpha value is -1.16. The van der Waals surface area contributed by atoms with Crippen LogP contribution in [0, 0.1) is 0 Å². The predicted octanol–water partition coefficient (Wildman–Crippen LogP) is 6.74. The molecule has 118 valence electrons. The van der Waals surface area contributed by atoms with E-state index in [1.165, 1.54) is 36.6 Å². The molecule has 0 radical (unpaired) electrons. The number of hydrogen-bond acceptors (Lipinski definition) is 1. The van der Waals surface area contributed by atoms with E-state index in [1.54, 1.807) is 0 Å². The second kappa shape index (κ2) is 11.4. The minimum Gasteiger partial charge on any atom is -0.256 e. The van der Waals surface area contributed by atoms with E-state index in [1.807, 2.05) is 36.5 Å². The van der Waals surface area contributed by atoms with Crippen LogP contribution in [0.2, 0.25) is 0 Å². The van der Waals surface area contributed by atoms with Crippen LogP contribution in [0.15, 0.2) is 66.9 Å². The van der Waals surface area contributed by atoms with Crippen LogP contribution >= 0.6 is 22.6 Å². The van der Waals surface area contributed by atoms with Crippen LogP contribution in [-0.4, -0.2) is 8.91 Å². The van der Waals surface area contributed by atoms with Crippen LogP contribution in [0.1, 0.15) is 39.5 Å². The molecule has 22 heavy (non-hydrogen) atoms. The minimum absolute atomic E-state index is 0.532. The molecular weight excluding hydrogens is 381 g/mol. The first-order valence-corrected chi connectivity index (χ1v) is 9.19. The Balaban J connectivity index is 0.000000222. The normalized spacial score (nSPS) is 12.4. The summed E-state index contributed by atoms with van der Waals surface area (Å²) in [5.74, 6) is 0. The molecule has 0 amide bonds. The number of fused-ring (bicyclic) bond motifs is 1. The molecule has 0 bridgehead atoms. The summed E-state index contributed by atoms with van der Waals surface area (Å²) in [7, 11) is 0. The first-order chi connectivity index (χ1) is 10.7. The molecule has 1 atom stereocenters. The lowest BCUT2D eigenvalue weighted by atomic mass is 10.0. The van der Waals surface area contributed by atoms with E-state index in [-0.39, 0.29) is 0 Å². The summed E-state index contributed by atoms with van der Waals surface area (Å²) in [4.78, 5) is 4.18. The third kappa shape index (κ3) is 6.73. The van der Waals surface area contributed by atoms with Gasteiger partial charge >= 0.3 is 0 Å². The van der Waals surface area contributed by atoms with Gasteiger partial charge < -0.3 is 0 Å². The molecule has 0 saturated carbocycles. The minimum atomic E-state index is 0.532. The highest BCUT2D eigenvalue weighted by Crippen LogP contribution is 2.20. The SMILES string of the molecule is C=CC(I)/C(=C\C)CCCCC.c1ccc2ncccc2c1. The molecule has 2 heteroatoms. The van der Waals surface area contributed by atoms with Gasteiger partial charge in [-0.05, 0) is 31.9 Å². The van der Waals surface area contributed by atoms with Crippen LogP contribution in [-0.2, 0) is 0 Å². The first-order valence-electron chi connectivity index (χ1n) is 7.94. The third-order valence-electron chi connectivity index (χ3n) is 3.51. The van der Waals surface area contributed by atoms with Crippen molar-refractivity contribution in [2.24, 2.45) is 0 Å². The van der Waals surface area contributed by atoms with E-state index >= 15 is 0 Å². The summed E-state index contributed by atoms with van der Waals surface area (Å²) >= 11 is 2.43. The van der Waals surface area contributed by atoms with Gasteiger partial charge in [-0.3, -0.25) is 4.98 Å². The van der Waals surface area contributed by atoms with Gasteiger partial charge in [0, 0.05) is 15.5 Å². The molecule has 1 heterocycles. The van der Waals surface area contributed by atoms with Crippen molar-refractivity contribution in [3.63, 3.8) is 0 Å². The highest BCUT2D eigenvalue weighted by molar-refractivity contribution is 14.1. The molecule has 0 aliphatic carbocycles. The summed E-state index contributed by atoms with van der Waals surface area (Å²) < 4.78 is 0.532. The van der Waals surface area contributed by atoms with Crippen molar-refractivity contribution in [2.75, 3.05) is 0 Å². The van der Waals surface area contributed by atoms with Gasteiger partial charge in [0.1, 0.15) is 0 Å². The monoisotopic (exact) mass is 407 g/mol. The van der Waals surface area contributed by atoms with Crippen LogP contribution in [0.4, 0.5) is 0 Å². The molecule has 1 aromatic heterocycles. The predicted molar refractivity (Wildman–Crippen MR) is 108 cm³/mol. The molecule has 2 rings (SSSR count). The number of alkyl halides is 1. The maximum atomic E-state index is 4.18. The average molecular weight is 407 g/mol. The summed E-state index contributed by atoms with van der Waals surface area (Å²) in [5, 5.41) is 1.20. The number of halogens is 1. The Morgan fingerprint density at radius 2 is 1.95 bits per heavy atom. The largest absolute Gasteiger partial charge is 0.256 e. The topological polar surface area (TPSA) is 12.9 Å². The highest BCUT2D eigenvalue weighted by Gasteiger charge is 2.03. The zero-order chi connectivity index (χ0) is 16.2. The lowest BCUT2D eigenvalue weighted by Gasteiger charge is -2.09. The summed E-state index contributed by atoms with van der Waals surface area (Å²) in [5.41, 5.74) is 2.59. The standard InChI is InChI=1S/C11H19I.C9H7N/c1-4-7-8-9-10(5-2)11(12)6-3;1-2-6-9-8(4-1)5-3-7-10-9/h5-6,11H,3-4,7-9H2,1-2H3;1-7H/b10-5-;. The average Bonchev–Trinajstić information content (AvgIpc) is 2.59. The van der Waals surface area contributed by atoms with E-state index in [4.69, 9.17) is 0 Å². The Bertz CT molecular complexity index is 524. The second-order valence-corrected chi connectivity index (χ2v) is 6.50. The summed E-state index contributed by atoms with van der Waals surface area (Å²) in [6.07, 6.45) is 11.3. The molecule has 0 N–H and O–H groups in total. The number of allylic oxidation sites excluding steroid dienone is 3. The van der Waals surface area contributed by atoms with Crippen molar-refractivity contribution in [2.45, 2.75) is 43.5 Å². The fourth-order valence-corrected chi connectivity index (χ4v) is 2.86. The van der Waals surface area contributed by atoms with Gasteiger partial charge in [0.25, 0.3) is 0 Å². The van der Waals surface area contributed by atoms with Crippen molar-refractivity contribution in [1.29, 1.82) is 0 Å². The molecule has 1 unspecified atom stereocenters. The van der Waals surface area contributed by atoms with E-state index < -0.39 is 0 Å². The van der Waals surface area contributed by atoms with E-state index in [9.17, 15) is 0 Å². The molecule has 0 aliphatic rings. The van der Waals surface area contributed by atoms with E-state index in [0.717, 1.165) is 5.52 Å². The van der Waals surface area contributed by atoms with Gasteiger partial charge in [0.15, 0.2) is 0 Å². The smallest absolute Gasteiger partial charge is 0.0701 e. The molecule has 0 saturated heterocycles. The molecule has 2 aromatic rings. The third-order valence-corrected chi connectivity index (χ3v) is 4.82. The van der Waals surface area contributed by atoms with Crippen molar-refractivity contribution < 1.29 is 0 Å². The quantitative estimate of drug-likeness (QED) is 0.224. The van der Waals surface area contributed by atoms with Crippen molar-refractivity contribution in [3.8, 4) is 0 Å². The zero-order valence-electron chi connectivity index (χ0n) is 13.6. The van der Waals surface area contributed by atoms with Gasteiger partial charge in [-0.2, -0.15) is 0 Å². The Morgan fingerprint density at radius 1 is 1.23 bits per heavy atom. The highest BCUT2D eigenvalue weighted by atomic mass is 127. The van der Waals surface area contributed by atoms with E-state index in [0.29, 0.717) is 3.92 Å². The number of unbranched alkanes of at least 4 members (excludes halogenated alkanes) is 2. The van der Waals surface area contributed by atoms with Gasteiger partial charge in [-0.25, -0.2) is 0 Å². The molecule has 0 aliphatic heterocycles. The van der Waals surface area contributed by atoms with Gasteiger partial charge in [0.2, 0.25) is 0 Å². The van der Waals surface area contributed by atoms with Gasteiger partial charge in [0.05, 0.1) is 5.52 Å². The maximum Gasteiger partial charge on any atom is 0.0701 e. The molecule has 1 aromatic carbocycles. The lowest BCUT2D eigenvalue weighted by molar-refractivity contribution is 0.709. The van der Waals surface area contributed by atoms with Crippen molar-refractivity contribution in [3.05, 3.63) is 66.9 Å². The fourth-order valence-electron chi connectivity index (χ4n) is 2.19. The number of nitrogens with zero attached hydrogens (tertiary/aromatic N) is 1. The summed E-state index contributed by atoms with van der Waals surface area (Å²) in [6, 6.07) is 12.1. The lowest BCUT2D eigenvalue weighted by Crippen LogP contribution is -1.97. The van der Waals surface area contributed by atoms with Crippen LogP contribution in [0.3, 0.4) is 0 Å². The van der Waals surface area contributed by atoms with Crippen LogP contribution in [0.5, 0.6) is 0 Å². The number of para-hydroxylation sites is 1. The second-order valence-electron chi connectivity index (χ2n) is 5.15. The van der Waals surface area contributed by atoms with Gasteiger partial charge in [-0.1, -0.05) is 84.3 Å². The molecule has 1 nitrogen and oxygen atoms in total. The maximum absolute atomic E-state index is 4.18.